The summed E-state index contributed by atoms with van der Waals surface area (Å²) in [6.45, 7) is 0. The zero-order chi connectivity index (χ0) is 31.3. The second kappa shape index (κ2) is 13.2. The average molecular weight is 653 g/mol. The second-order valence-corrected chi connectivity index (χ2v) is 12.2. The number of hydrogen-bond acceptors (Lipinski definition) is 7. The topological polar surface area (TPSA) is 123 Å². The fourth-order valence-corrected chi connectivity index (χ4v) is 5.99. The molecule has 0 fully saturated rings. The molecule has 2 N–H and O–H groups in total. The van der Waals surface area contributed by atoms with Gasteiger partial charge in [0.2, 0.25) is 5.78 Å². The van der Waals surface area contributed by atoms with Gasteiger partial charge >= 0.3 is 15.8 Å². The van der Waals surface area contributed by atoms with Crippen molar-refractivity contribution < 1.29 is 22.6 Å². The minimum atomic E-state index is -4.59. The van der Waals surface area contributed by atoms with Crippen molar-refractivity contribution in [2.75, 3.05) is 24.3 Å². The lowest BCUT2D eigenvalue weighted by Crippen LogP contribution is -2.43. The van der Waals surface area contributed by atoms with E-state index in [1.54, 1.807) is 54.6 Å². The molecule has 3 aromatic carbocycles. The summed E-state index contributed by atoms with van der Waals surface area (Å²) in [7, 11) is -0.941. The van der Waals surface area contributed by atoms with Gasteiger partial charge in [0.25, 0.3) is 5.91 Å². The van der Waals surface area contributed by atoms with E-state index >= 15 is 0 Å². The largest absolute Gasteiger partial charge is 0.778 e. The summed E-state index contributed by atoms with van der Waals surface area (Å²) in [5, 5.41) is 13.1. The fraction of sp³-hybridized carbons (Fsp3) is 0.0667. The first-order valence-corrected chi connectivity index (χ1v) is 15.1. The molecule has 0 radical (unpaired) electrons. The molecule has 0 unspecified atom stereocenters. The number of Topliss-reactive ketones (excluding diaryl/α,β-unsaturated/α-hetero) is 1. The molecular weight excluding hydrogens is 629 g/mol. The van der Waals surface area contributed by atoms with Crippen molar-refractivity contribution in [2.24, 2.45) is 0 Å². The first-order valence-electron chi connectivity index (χ1n) is 12.4. The highest BCUT2D eigenvalue weighted by Gasteiger charge is 2.31. The number of halogens is 2. The zero-order valence-electron chi connectivity index (χ0n) is 22.7. The Hall–Kier alpha value is -4.47. The van der Waals surface area contributed by atoms with E-state index in [9.17, 15) is 23.3 Å². The van der Waals surface area contributed by atoms with Crippen molar-refractivity contribution in [1.29, 1.82) is 5.26 Å². The van der Waals surface area contributed by atoms with Crippen LogP contribution in [0.2, 0.25) is 10.0 Å². The van der Waals surface area contributed by atoms with E-state index in [0.29, 0.717) is 10.7 Å². The number of rotatable bonds is 9. The van der Waals surface area contributed by atoms with Gasteiger partial charge in [0.15, 0.2) is 5.57 Å². The molecular formula is C30H23Cl2N5O4S2. The minimum Gasteiger partial charge on any atom is -0.778 e. The Kier molecular flexibility index (Phi) is 9.68. The minimum absolute atomic E-state index is 0.0724. The molecule has 13 heteroatoms. The Balaban J connectivity index is 1.81. The Morgan fingerprint density at radius 3 is 2.16 bits per heavy atom. The Morgan fingerprint density at radius 1 is 0.953 bits per heavy atom. The van der Waals surface area contributed by atoms with E-state index < -0.39 is 32.2 Å². The number of benzene rings is 3. The number of nitriles is 1. The molecule has 0 atom stereocenters. The monoisotopic (exact) mass is 651 g/mol. The molecule has 4 rings (SSSR count). The van der Waals surface area contributed by atoms with Crippen molar-refractivity contribution in [2.45, 2.75) is 9.79 Å². The number of pyridine rings is 1. The van der Waals surface area contributed by atoms with Gasteiger partial charge in [-0.2, -0.15) is 23.3 Å². The van der Waals surface area contributed by atoms with Crippen LogP contribution in [0, 0.1) is 11.3 Å². The van der Waals surface area contributed by atoms with Crippen LogP contribution in [0.15, 0.2) is 107 Å². The van der Waals surface area contributed by atoms with Gasteiger partial charge in [-0.25, -0.2) is 4.57 Å². The van der Waals surface area contributed by atoms with E-state index in [1.807, 2.05) is 25.1 Å². The van der Waals surface area contributed by atoms with Crippen molar-refractivity contribution in [3.05, 3.63) is 118 Å². The molecule has 43 heavy (non-hydrogen) atoms. The molecule has 0 aliphatic heterocycles. The standard InChI is InChI=1S/C30H23Cl2N5O4S2/c1-36(2)22-12-14-37(15-13-22)29(24(18-33)28(38)19-6-4-3-5-7-19)35-43(40,41)27-16-23(25(32)17-26(27)42)30(39)34-21-10-8-20(31)9-11-21/h3-17H,1-2H3,(H2-,34,35,38,39,42). The number of allylic oxidation sites excluding steroid dienone is 1. The molecule has 9 nitrogen and oxygen atoms in total. The second-order valence-electron chi connectivity index (χ2n) is 9.23. The lowest BCUT2D eigenvalue weighted by molar-refractivity contribution is -0.584. The van der Waals surface area contributed by atoms with Gasteiger partial charge in [-0.05, 0) is 30.3 Å². The maximum absolute atomic E-state index is 13.8. The van der Waals surface area contributed by atoms with Crippen LogP contribution in [0.4, 0.5) is 11.4 Å². The number of ketones is 1. The predicted molar refractivity (Wildman–Crippen MR) is 167 cm³/mol. The SMILES string of the molecule is CN(C)c1cc[n+](/C(NS(=O)(=O)c2cc(C(=O)Nc3ccc(Cl)cc3)c(Cl)cc2[S-])=C(\C#N)C(=O)c2ccccc2)cc1. The lowest BCUT2D eigenvalue weighted by atomic mass is 10.0. The van der Waals surface area contributed by atoms with E-state index in [0.717, 1.165) is 11.8 Å². The summed E-state index contributed by atoms with van der Waals surface area (Å²) in [5.41, 5.74) is 0.723. The summed E-state index contributed by atoms with van der Waals surface area (Å²) in [6.07, 6.45) is 3.01. The molecule has 0 saturated heterocycles. The van der Waals surface area contributed by atoms with Gasteiger partial charge in [0, 0.05) is 48.2 Å². The number of carbonyl (C=O) groups excluding carboxylic acids is 2. The molecule has 1 heterocycles. The number of amides is 1. The smallest absolute Gasteiger partial charge is 0.327 e. The third-order valence-electron chi connectivity index (χ3n) is 6.10. The van der Waals surface area contributed by atoms with Gasteiger partial charge in [0.1, 0.15) is 6.07 Å². The summed E-state index contributed by atoms with van der Waals surface area (Å²) < 4.78 is 31.3. The Morgan fingerprint density at radius 2 is 1.58 bits per heavy atom. The van der Waals surface area contributed by atoms with Crippen LogP contribution >= 0.6 is 23.2 Å². The van der Waals surface area contributed by atoms with Gasteiger partial charge in [0.05, 0.1) is 27.9 Å². The Labute approximate surface area is 264 Å². The predicted octanol–water partition coefficient (Wildman–Crippen LogP) is 5.06. The quantitative estimate of drug-likeness (QED) is 0.0853. The van der Waals surface area contributed by atoms with Crippen molar-refractivity contribution in [3.8, 4) is 6.07 Å². The summed E-state index contributed by atoms with van der Waals surface area (Å²) in [6, 6.07) is 21.7. The first-order chi connectivity index (χ1) is 20.4. The van der Waals surface area contributed by atoms with Crippen LogP contribution in [-0.2, 0) is 22.7 Å². The van der Waals surface area contributed by atoms with E-state index in [-0.39, 0.29) is 26.9 Å². The Bertz CT molecular complexity index is 1870. The molecule has 1 aromatic heterocycles. The van der Waals surface area contributed by atoms with Gasteiger partial charge < -0.3 is 22.8 Å². The molecule has 0 aliphatic rings. The zero-order valence-corrected chi connectivity index (χ0v) is 25.9. The molecule has 0 saturated carbocycles. The van der Waals surface area contributed by atoms with Crippen LogP contribution in [0.25, 0.3) is 5.82 Å². The van der Waals surface area contributed by atoms with E-state index in [4.69, 9.17) is 35.8 Å². The van der Waals surface area contributed by atoms with Crippen LogP contribution in [0.5, 0.6) is 0 Å². The molecule has 0 aliphatic carbocycles. The number of sulfonamides is 1. The normalized spacial score (nSPS) is 11.6. The molecule has 4 aromatic rings. The number of hydrogen-bond donors (Lipinski definition) is 2. The lowest BCUT2D eigenvalue weighted by Gasteiger charge is -2.17. The first kappa shape index (κ1) is 31.5. The van der Waals surface area contributed by atoms with Crippen LogP contribution in [0.3, 0.4) is 0 Å². The number of nitrogens with zero attached hydrogens (tertiary/aromatic N) is 3. The third kappa shape index (κ3) is 7.31. The highest BCUT2D eigenvalue weighted by Crippen LogP contribution is 2.27. The highest BCUT2D eigenvalue weighted by molar-refractivity contribution is 7.90. The summed E-state index contributed by atoms with van der Waals surface area (Å²) >= 11 is 17.5. The van der Waals surface area contributed by atoms with Crippen molar-refractivity contribution in [3.63, 3.8) is 0 Å². The fourth-order valence-electron chi connectivity index (χ4n) is 3.88. The highest BCUT2D eigenvalue weighted by atomic mass is 35.5. The number of aromatic nitrogens is 1. The van der Waals surface area contributed by atoms with E-state index in [1.165, 1.54) is 35.2 Å². The van der Waals surface area contributed by atoms with E-state index in [2.05, 4.69) is 10.0 Å². The van der Waals surface area contributed by atoms with Gasteiger partial charge in [-0.3, -0.25) is 9.59 Å². The van der Waals surface area contributed by atoms with Crippen LogP contribution < -0.4 is 19.5 Å². The third-order valence-corrected chi connectivity index (χ3v) is 8.51. The number of anilines is 2. The molecule has 218 valence electrons. The summed E-state index contributed by atoms with van der Waals surface area (Å²) in [5.74, 6) is -1.74. The summed E-state index contributed by atoms with van der Waals surface area (Å²) in [4.78, 5) is 27.6. The number of nitrogens with one attached hydrogen (secondary N) is 2. The van der Waals surface area contributed by atoms with Crippen molar-refractivity contribution in [1.82, 2.24) is 4.72 Å². The van der Waals surface area contributed by atoms with Crippen molar-refractivity contribution >= 4 is 74.7 Å². The van der Waals surface area contributed by atoms with Crippen LogP contribution in [0.1, 0.15) is 20.7 Å². The van der Waals surface area contributed by atoms with Crippen LogP contribution in [-0.4, -0.2) is 34.2 Å². The average Bonchev–Trinajstić information content (AvgIpc) is 2.98. The molecule has 1 amide bonds. The molecule has 0 bridgehead atoms. The maximum Gasteiger partial charge on any atom is 0.327 e. The van der Waals surface area contributed by atoms with Gasteiger partial charge in [-0.15, -0.1) is 0 Å². The number of carbonyl (C=O) groups is 2. The molecule has 0 spiro atoms. The van der Waals surface area contributed by atoms with Gasteiger partial charge in [-0.1, -0.05) is 59.6 Å². The maximum atomic E-state index is 13.8.